The van der Waals surface area contributed by atoms with E-state index in [1.807, 2.05) is 74.5 Å². The van der Waals surface area contributed by atoms with Crippen LogP contribution in [0.25, 0.3) is 6.08 Å². The molecule has 7 nitrogen and oxygen atoms in total. The number of anilines is 1. The lowest BCUT2D eigenvalue weighted by Crippen LogP contribution is -2.23. The van der Waals surface area contributed by atoms with Crippen molar-refractivity contribution in [1.82, 2.24) is 5.32 Å². The Morgan fingerprint density at radius 1 is 1.06 bits per heavy atom. The summed E-state index contributed by atoms with van der Waals surface area (Å²) in [5.74, 6) is 0.0683. The Morgan fingerprint density at radius 2 is 1.78 bits per heavy atom. The molecule has 0 radical (unpaired) electrons. The number of nitriles is 1. The van der Waals surface area contributed by atoms with Gasteiger partial charge in [0.05, 0.1) is 10.2 Å². The summed E-state index contributed by atoms with van der Waals surface area (Å²) < 4.78 is 12.2. The summed E-state index contributed by atoms with van der Waals surface area (Å²) in [7, 11) is 0. The van der Waals surface area contributed by atoms with E-state index in [1.54, 1.807) is 12.1 Å². The third-order valence-corrected chi connectivity index (χ3v) is 5.87. The van der Waals surface area contributed by atoms with E-state index in [1.165, 1.54) is 6.08 Å². The molecule has 0 spiro atoms. The van der Waals surface area contributed by atoms with Crippen molar-refractivity contribution < 1.29 is 19.1 Å². The van der Waals surface area contributed by atoms with E-state index < -0.39 is 5.91 Å². The zero-order valence-corrected chi connectivity index (χ0v) is 22.2. The number of ether oxygens (including phenoxy) is 2. The molecule has 0 bridgehead atoms. The lowest BCUT2D eigenvalue weighted by Gasteiger charge is -2.15. The summed E-state index contributed by atoms with van der Waals surface area (Å²) in [5.41, 5.74) is 3.18. The van der Waals surface area contributed by atoms with Gasteiger partial charge in [-0.3, -0.25) is 9.59 Å². The molecule has 0 saturated heterocycles. The minimum Gasteiger partial charge on any atom is -0.490 e. The van der Waals surface area contributed by atoms with Crippen LogP contribution in [0.3, 0.4) is 0 Å². The minimum atomic E-state index is -0.470. The number of nitrogens with zero attached hydrogens (tertiary/aromatic N) is 1. The van der Waals surface area contributed by atoms with Crippen molar-refractivity contribution in [1.29, 1.82) is 5.26 Å². The maximum Gasteiger partial charge on any atom is 0.262 e. The van der Waals surface area contributed by atoms with Crippen molar-refractivity contribution in [2.24, 2.45) is 0 Å². The fraction of sp³-hybridized carbons (Fsp3) is 0.179. The van der Waals surface area contributed by atoms with E-state index in [9.17, 15) is 14.9 Å². The number of halogens is 1. The first kappa shape index (κ1) is 26.8. The molecule has 0 aromatic heterocycles. The van der Waals surface area contributed by atoms with Crippen LogP contribution in [-0.4, -0.2) is 25.0 Å². The Balaban J connectivity index is 1.73. The van der Waals surface area contributed by atoms with Gasteiger partial charge in [0.25, 0.3) is 11.8 Å². The predicted octanol–water partition coefficient (Wildman–Crippen LogP) is 5.24. The van der Waals surface area contributed by atoms with Crippen LogP contribution in [0.1, 0.15) is 23.6 Å². The second kappa shape index (κ2) is 13.3. The van der Waals surface area contributed by atoms with E-state index in [0.29, 0.717) is 33.8 Å². The van der Waals surface area contributed by atoms with Crippen molar-refractivity contribution in [2.75, 3.05) is 18.5 Å². The Kier molecular flexibility index (Phi) is 9.89. The Labute approximate surface area is 224 Å². The monoisotopic (exact) mass is 595 g/mol. The molecule has 3 aromatic carbocycles. The number of rotatable bonds is 10. The van der Waals surface area contributed by atoms with Gasteiger partial charge in [-0.2, -0.15) is 5.26 Å². The molecule has 2 amide bonds. The molecular weight excluding hydrogens is 569 g/mol. The van der Waals surface area contributed by atoms with E-state index in [0.717, 1.165) is 16.8 Å². The van der Waals surface area contributed by atoms with Crippen LogP contribution in [0.4, 0.5) is 5.69 Å². The molecule has 8 heteroatoms. The third-order valence-electron chi connectivity index (χ3n) is 5.07. The maximum absolute atomic E-state index is 12.6. The number of hydrogen-bond donors (Lipinski definition) is 2. The molecule has 36 heavy (non-hydrogen) atoms. The van der Waals surface area contributed by atoms with E-state index in [-0.39, 0.29) is 18.1 Å². The molecule has 0 unspecified atom stereocenters. The first-order chi connectivity index (χ1) is 17.4. The second-order valence-electron chi connectivity index (χ2n) is 7.75. The number of benzene rings is 3. The molecular formula is C28H26IN3O4. The van der Waals surface area contributed by atoms with Crippen LogP contribution in [0.5, 0.6) is 11.5 Å². The van der Waals surface area contributed by atoms with Crippen LogP contribution >= 0.6 is 22.6 Å². The average Bonchev–Trinajstić information content (AvgIpc) is 2.87. The van der Waals surface area contributed by atoms with Crippen molar-refractivity contribution >= 4 is 46.2 Å². The van der Waals surface area contributed by atoms with Gasteiger partial charge in [0.1, 0.15) is 11.6 Å². The van der Waals surface area contributed by atoms with Crippen LogP contribution in [-0.2, 0) is 16.1 Å². The van der Waals surface area contributed by atoms with Gasteiger partial charge in [0.2, 0.25) is 0 Å². The minimum absolute atomic E-state index is 0.0320. The molecule has 3 rings (SSSR count). The Bertz CT molecular complexity index is 1300. The highest BCUT2D eigenvalue weighted by atomic mass is 127. The van der Waals surface area contributed by atoms with Crippen LogP contribution < -0.4 is 20.1 Å². The predicted molar refractivity (Wildman–Crippen MR) is 148 cm³/mol. The average molecular weight is 595 g/mol. The zero-order valence-electron chi connectivity index (χ0n) is 20.0. The molecule has 0 aliphatic heterocycles. The first-order valence-electron chi connectivity index (χ1n) is 11.3. The van der Waals surface area contributed by atoms with Crippen LogP contribution in [0, 0.1) is 21.8 Å². The highest BCUT2D eigenvalue weighted by molar-refractivity contribution is 14.1. The molecule has 184 valence electrons. The SMILES string of the molecule is CCOc1cc(/C=C(\C#N)C(=O)NCc2ccccc2)cc(I)c1OCC(=O)Nc1ccccc1C. The number of amides is 2. The van der Waals surface area contributed by atoms with E-state index >= 15 is 0 Å². The van der Waals surface area contributed by atoms with Crippen molar-refractivity contribution in [2.45, 2.75) is 20.4 Å². The van der Waals surface area contributed by atoms with Gasteiger partial charge in [-0.15, -0.1) is 0 Å². The fourth-order valence-corrected chi connectivity index (χ4v) is 4.08. The van der Waals surface area contributed by atoms with Gasteiger partial charge in [-0.25, -0.2) is 0 Å². The van der Waals surface area contributed by atoms with Gasteiger partial charge in [-0.05, 0) is 77.4 Å². The summed E-state index contributed by atoms with van der Waals surface area (Å²) in [5, 5.41) is 15.2. The number of carbonyl (C=O) groups excluding carboxylic acids is 2. The molecule has 0 aliphatic rings. The van der Waals surface area contributed by atoms with Crippen molar-refractivity contribution in [3.63, 3.8) is 0 Å². The summed E-state index contributed by atoms with van der Waals surface area (Å²) in [6, 6.07) is 22.4. The zero-order chi connectivity index (χ0) is 25.9. The Morgan fingerprint density at radius 3 is 2.47 bits per heavy atom. The molecule has 0 saturated carbocycles. The molecule has 0 fully saturated rings. The summed E-state index contributed by atoms with van der Waals surface area (Å²) >= 11 is 2.08. The number of carbonyl (C=O) groups is 2. The highest BCUT2D eigenvalue weighted by Gasteiger charge is 2.16. The largest absolute Gasteiger partial charge is 0.490 e. The standard InChI is InChI=1S/C28H26IN3O4/c1-3-35-25-15-21(13-22(16-30)28(34)31-17-20-10-5-4-6-11-20)14-23(29)27(25)36-18-26(33)32-24-12-8-7-9-19(24)2/h4-15H,3,17-18H2,1-2H3,(H,31,34)(H,32,33)/b22-13+. The van der Waals surface area contributed by atoms with Crippen LogP contribution in [0.15, 0.2) is 72.3 Å². The smallest absolute Gasteiger partial charge is 0.262 e. The highest BCUT2D eigenvalue weighted by Crippen LogP contribution is 2.35. The number of nitrogens with one attached hydrogen (secondary N) is 2. The Hall–Kier alpha value is -3.84. The normalized spacial score (nSPS) is 10.8. The summed E-state index contributed by atoms with van der Waals surface area (Å²) in [4.78, 5) is 25.0. The van der Waals surface area contributed by atoms with Crippen molar-refractivity contribution in [3.8, 4) is 17.6 Å². The summed E-state index contributed by atoms with van der Waals surface area (Å²) in [6.07, 6.45) is 1.50. The van der Waals surface area contributed by atoms with Crippen LogP contribution in [0.2, 0.25) is 0 Å². The third kappa shape index (κ3) is 7.58. The van der Waals surface area contributed by atoms with Gasteiger partial charge in [0.15, 0.2) is 18.1 Å². The lowest BCUT2D eigenvalue weighted by molar-refractivity contribution is -0.118. The fourth-order valence-electron chi connectivity index (χ4n) is 3.30. The number of hydrogen-bond acceptors (Lipinski definition) is 5. The van der Waals surface area contributed by atoms with Gasteiger partial charge in [-0.1, -0.05) is 48.5 Å². The van der Waals surface area contributed by atoms with Gasteiger partial charge < -0.3 is 20.1 Å². The molecule has 2 N–H and O–H groups in total. The summed E-state index contributed by atoms with van der Waals surface area (Å²) in [6.45, 7) is 4.23. The van der Waals surface area contributed by atoms with E-state index in [2.05, 4.69) is 33.2 Å². The second-order valence-corrected chi connectivity index (χ2v) is 8.92. The topological polar surface area (TPSA) is 100 Å². The maximum atomic E-state index is 12.6. The molecule has 0 atom stereocenters. The van der Waals surface area contributed by atoms with E-state index in [4.69, 9.17) is 9.47 Å². The number of aryl methyl sites for hydroxylation is 1. The molecule has 0 aliphatic carbocycles. The number of para-hydroxylation sites is 1. The van der Waals surface area contributed by atoms with Gasteiger partial charge >= 0.3 is 0 Å². The molecule has 3 aromatic rings. The van der Waals surface area contributed by atoms with Gasteiger partial charge in [0, 0.05) is 12.2 Å². The first-order valence-corrected chi connectivity index (χ1v) is 12.4. The lowest BCUT2D eigenvalue weighted by atomic mass is 10.1. The quantitative estimate of drug-likeness (QED) is 0.190. The molecule has 0 heterocycles. The van der Waals surface area contributed by atoms with Crippen molar-refractivity contribution in [3.05, 3.63) is 92.6 Å².